The standard InChI is InChI=1S/C25H22ClN3O6/c1-15(16-7-9-19(10-8-16)35-25(32)17-5-4-6-18(26)13-17)28-29-24(31)23(30)27-21-12-11-20(33-2)14-22(21)34-3/h4-14H,1-3H3,(H,27,30)(H,29,31). The Morgan fingerprint density at radius 2 is 1.54 bits per heavy atom. The van der Waals surface area contributed by atoms with Crippen molar-refractivity contribution in [3.8, 4) is 17.2 Å². The van der Waals surface area contributed by atoms with Gasteiger partial charge in [0.05, 0.1) is 31.2 Å². The molecule has 2 amide bonds. The lowest BCUT2D eigenvalue weighted by Gasteiger charge is -2.11. The van der Waals surface area contributed by atoms with Crippen molar-refractivity contribution in [2.45, 2.75) is 6.92 Å². The zero-order valence-corrected chi connectivity index (χ0v) is 19.9. The van der Waals surface area contributed by atoms with Gasteiger partial charge in [-0.25, -0.2) is 10.2 Å². The van der Waals surface area contributed by atoms with Crippen molar-refractivity contribution in [3.05, 3.63) is 82.9 Å². The fraction of sp³-hybridized carbons (Fsp3) is 0.120. The first-order valence-corrected chi connectivity index (χ1v) is 10.6. The molecular weight excluding hydrogens is 474 g/mol. The van der Waals surface area contributed by atoms with Gasteiger partial charge in [0.2, 0.25) is 0 Å². The first-order chi connectivity index (χ1) is 16.8. The molecule has 35 heavy (non-hydrogen) atoms. The minimum absolute atomic E-state index is 0.303. The summed E-state index contributed by atoms with van der Waals surface area (Å²) in [6, 6.07) is 17.7. The Balaban J connectivity index is 1.58. The number of methoxy groups -OCH3 is 2. The van der Waals surface area contributed by atoms with E-state index in [9.17, 15) is 14.4 Å². The maximum absolute atomic E-state index is 12.2. The van der Waals surface area contributed by atoms with Crippen LogP contribution in [-0.2, 0) is 9.59 Å². The van der Waals surface area contributed by atoms with Crippen LogP contribution >= 0.6 is 11.6 Å². The van der Waals surface area contributed by atoms with Crippen LogP contribution in [0, 0.1) is 0 Å². The van der Waals surface area contributed by atoms with E-state index in [2.05, 4.69) is 15.8 Å². The predicted molar refractivity (Wildman–Crippen MR) is 131 cm³/mol. The van der Waals surface area contributed by atoms with E-state index in [-0.39, 0.29) is 0 Å². The Bertz CT molecular complexity index is 1270. The number of hydrazone groups is 1. The van der Waals surface area contributed by atoms with Gasteiger partial charge in [0.25, 0.3) is 0 Å². The first kappa shape index (κ1) is 25.3. The zero-order chi connectivity index (χ0) is 25.4. The Hall–Kier alpha value is -4.37. The van der Waals surface area contributed by atoms with Gasteiger partial charge in [0, 0.05) is 11.1 Å². The molecule has 0 fully saturated rings. The van der Waals surface area contributed by atoms with E-state index in [1.807, 2.05) is 0 Å². The van der Waals surface area contributed by atoms with Crippen LogP contribution in [-0.4, -0.2) is 37.7 Å². The Morgan fingerprint density at radius 1 is 0.829 bits per heavy atom. The van der Waals surface area contributed by atoms with Gasteiger partial charge in [-0.15, -0.1) is 0 Å². The summed E-state index contributed by atoms with van der Waals surface area (Å²) < 4.78 is 15.6. The third kappa shape index (κ3) is 6.81. The highest BCUT2D eigenvalue weighted by molar-refractivity contribution is 6.39. The van der Waals surface area contributed by atoms with Crippen molar-refractivity contribution in [1.29, 1.82) is 0 Å². The van der Waals surface area contributed by atoms with Crippen molar-refractivity contribution < 1.29 is 28.6 Å². The van der Waals surface area contributed by atoms with Crippen LogP contribution in [0.1, 0.15) is 22.8 Å². The molecule has 0 bridgehead atoms. The van der Waals surface area contributed by atoms with Crippen LogP contribution < -0.4 is 25.0 Å². The molecule has 0 saturated carbocycles. The second-order valence-corrected chi connectivity index (χ2v) is 7.52. The summed E-state index contributed by atoms with van der Waals surface area (Å²) in [5, 5.41) is 6.85. The second kappa shape index (κ2) is 11.7. The molecule has 2 N–H and O–H groups in total. The van der Waals surface area contributed by atoms with Crippen LogP contribution in [0.3, 0.4) is 0 Å². The van der Waals surface area contributed by atoms with Gasteiger partial charge in [0.1, 0.15) is 17.2 Å². The number of carbonyl (C=O) groups is 3. The van der Waals surface area contributed by atoms with E-state index < -0.39 is 17.8 Å². The Morgan fingerprint density at radius 3 is 2.20 bits per heavy atom. The minimum Gasteiger partial charge on any atom is -0.497 e. The molecule has 0 aliphatic carbocycles. The third-order valence-electron chi connectivity index (χ3n) is 4.73. The van der Waals surface area contributed by atoms with E-state index in [0.29, 0.717) is 44.8 Å². The number of rotatable bonds is 7. The van der Waals surface area contributed by atoms with Gasteiger partial charge in [-0.1, -0.05) is 17.7 Å². The lowest BCUT2D eigenvalue weighted by molar-refractivity contribution is -0.136. The highest BCUT2D eigenvalue weighted by atomic mass is 35.5. The van der Waals surface area contributed by atoms with E-state index in [1.54, 1.807) is 67.6 Å². The quantitative estimate of drug-likeness (QED) is 0.168. The van der Waals surface area contributed by atoms with Crippen molar-refractivity contribution in [3.63, 3.8) is 0 Å². The SMILES string of the molecule is COc1ccc(NC(=O)C(=O)NN=C(C)c2ccc(OC(=O)c3cccc(Cl)c3)cc2)c(OC)c1. The van der Waals surface area contributed by atoms with Crippen molar-refractivity contribution in [2.75, 3.05) is 19.5 Å². The molecule has 3 aromatic rings. The summed E-state index contributed by atoms with van der Waals surface area (Å²) in [7, 11) is 2.93. The summed E-state index contributed by atoms with van der Waals surface area (Å²) in [4.78, 5) is 36.6. The molecule has 0 aliphatic rings. The summed E-state index contributed by atoms with van der Waals surface area (Å²) in [6.45, 7) is 1.65. The topological polar surface area (TPSA) is 115 Å². The molecule has 0 atom stereocenters. The molecule has 0 radical (unpaired) electrons. The smallest absolute Gasteiger partial charge is 0.343 e. The van der Waals surface area contributed by atoms with Crippen LogP contribution in [0.25, 0.3) is 0 Å². The van der Waals surface area contributed by atoms with Gasteiger partial charge in [-0.2, -0.15) is 5.10 Å². The van der Waals surface area contributed by atoms with E-state index in [4.69, 9.17) is 25.8 Å². The monoisotopic (exact) mass is 495 g/mol. The molecule has 9 nitrogen and oxygen atoms in total. The lowest BCUT2D eigenvalue weighted by atomic mass is 10.1. The van der Waals surface area contributed by atoms with Gasteiger partial charge in [0.15, 0.2) is 0 Å². The first-order valence-electron chi connectivity index (χ1n) is 10.3. The van der Waals surface area contributed by atoms with Gasteiger partial charge in [-0.05, 0) is 67.1 Å². The third-order valence-corrected chi connectivity index (χ3v) is 4.97. The molecule has 10 heteroatoms. The molecular formula is C25H22ClN3O6. The van der Waals surface area contributed by atoms with Crippen LogP contribution in [0.5, 0.6) is 17.2 Å². The normalized spacial score (nSPS) is 10.8. The molecule has 0 aliphatic heterocycles. The maximum atomic E-state index is 12.2. The molecule has 0 heterocycles. The number of nitrogens with one attached hydrogen (secondary N) is 2. The summed E-state index contributed by atoms with van der Waals surface area (Å²) in [6.07, 6.45) is 0. The van der Waals surface area contributed by atoms with Crippen molar-refractivity contribution in [2.24, 2.45) is 5.10 Å². The van der Waals surface area contributed by atoms with Crippen LogP contribution in [0.4, 0.5) is 5.69 Å². The summed E-state index contributed by atoms with van der Waals surface area (Å²) in [5.74, 6) is -1.24. The number of hydrogen-bond acceptors (Lipinski definition) is 7. The zero-order valence-electron chi connectivity index (χ0n) is 19.1. The van der Waals surface area contributed by atoms with Crippen LogP contribution in [0.2, 0.25) is 5.02 Å². The minimum atomic E-state index is -0.964. The molecule has 3 aromatic carbocycles. The van der Waals surface area contributed by atoms with Crippen molar-refractivity contribution in [1.82, 2.24) is 5.43 Å². The largest absolute Gasteiger partial charge is 0.497 e. The number of amides is 2. The number of hydrogen-bond donors (Lipinski definition) is 2. The average molecular weight is 496 g/mol. The van der Waals surface area contributed by atoms with E-state index >= 15 is 0 Å². The van der Waals surface area contributed by atoms with Crippen molar-refractivity contribution >= 4 is 40.8 Å². The molecule has 0 spiro atoms. The highest BCUT2D eigenvalue weighted by Gasteiger charge is 2.16. The van der Waals surface area contributed by atoms with Gasteiger partial charge in [-0.3, -0.25) is 9.59 Å². The number of carbonyl (C=O) groups excluding carboxylic acids is 3. The molecule has 0 aromatic heterocycles. The van der Waals surface area contributed by atoms with Gasteiger partial charge < -0.3 is 19.5 Å². The maximum Gasteiger partial charge on any atom is 0.343 e. The lowest BCUT2D eigenvalue weighted by Crippen LogP contribution is -2.33. The number of nitrogens with zero attached hydrogens (tertiary/aromatic N) is 1. The Labute approximate surface area is 206 Å². The number of halogens is 1. The Kier molecular flexibility index (Phi) is 8.42. The molecule has 3 rings (SSSR count). The number of anilines is 1. The fourth-order valence-electron chi connectivity index (χ4n) is 2.88. The number of benzene rings is 3. The summed E-state index contributed by atoms with van der Waals surface area (Å²) in [5.41, 5.74) is 3.91. The van der Waals surface area contributed by atoms with Crippen LogP contribution in [0.15, 0.2) is 71.8 Å². The van der Waals surface area contributed by atoms with Gasteiger partial charge >= 0.3 is 17.8 Å². The molecule has 0 unspecified atom stereocenters. The fourth-order valence-corrected chi connectivity index (χ4v) is 3.07. The highest BCUT2D eigenvalue weighted by Crippen LogP contribution is 2.28. The second-order valence-electron chi connectivity index (χ2n) is 7.08. The van der Waals surface area contributed by atoms with E-state index in [1.165, 1.54) is 20.3 Å². The molecule has 0 saturated heterocycles. The molecule has 180 valence electrons. The van der Waals surface area contributed by atoms with E-state index in [0.717, 1.165) is 0 Å². The number of ether oxygens (including phenoxy) is 3. The number of esters is 1. The summed E-state index contributed by atoms with van der Waals surface area (Å²) >= 11 is 5.90. The average Bonchev–Trinajstić information content (AvgIpc) is 2.87. The predicted octanol–water partition coefficient (Wildman–Crippen LogP) is 4.06.